The molecular weight excluding hydrogens is 229 g/mol. The van der Waals surface area contributed by atoms with Gasteiger partial charge in [0.15, 0.2) is 0 Å². The van der Waals surface area contributed by atoms with Crippen LogP contribution in [0.4, 0.5) is 15.8 Å². The predicted octanol–water partition coefficient (Wildman–Crippen LogP) is 3.31. The SMILES string of the molecule is N#Cc1ccc(Nc2ccccc2C#N)c(F)c1. The van der Waals surface area contributed by atoms with Gasteiger partial charge in [0.25, 0.3) is 0 Å². The third-order valence-electron chi connectivity index (χ3n) is 2.42. The Labute approximate surface area is 104 Å². The Morgan fingerprint density at radius 1 is 0.944 bits per heavy atom. The van der Waals surface area contributed by atoms with Gasteiger partial charge in [-0.05, 0) is 30.3 Å². The number of para-hydroxylation sites is 1. The van der Waals surface area contributed by atoms with E-state index in [4.69, 9.17) is 10.5 Å². The fourth-order valence-corrected chi connectivity index (χ4v) is 1.52. The molecule has 0 saturated heterocycles. The van der Waals surface area contributed by atoms with Crippen LogP contribution in [0.25, 0.3) is 0 Å². The highest BCUT2D eigenvalue weighted by Crippen LogP contribution is 2.23. The Morgan fingerprint density at radius 2 is 1.72 bits per heavy atom. The summed E-state index contributed by atoms with van der Waals surface area (Å²) in [4.78, 5) is 0. The molecule has 0 aromatic heterocycles. The molecule has 2 aromatic carbocycles. The van der Waals surface area contributed by atoms with Crippen molar-refractivity contribution in [1.82, 2.24) is 0 Å². The molecule has 0 spiro atoms. The molecule has 2 rings (SSSR count). The number of halogens is 1. The first-order chi connectivity index (χ1) is 8.74. The second-order valence-corrected chi connectivity index (χ2v) is 3.59. The van der Waals surface area contributed by atoms with Gasteiger partial charge in [0.2, 0.25) is 0 Å². The zero-order valence-corrected chi connectivity index (χ0v) is 9.31. The van der Waals surface area contributed by atoms with E-state index in [2.05, 4.69) is 5.32 Å². The lowest BCUT2D eigenvalue weighted by molar-refractivity contribution is 0.631. The number of rotatable bonds is 2. The van der Waals surface area contributed by atoms with Crippen molar-refractivity contribution in [1.29, 1.82) is 10.5 Å². The molecule has 2 aromatic rings. The maximum Gasteiger partial charge on any atom is 0.147 e. The van der Waals surface area contributed by atoms with E-state index < -0.39 is 5.82 Å². The van der Waals surface area contributed by atoms with Gasteiger partial charge in [0.1, 0.15) is 11.9 Å². The number of nitrogens with one attached hydrogen (secondary N) is 1. The Bertz CT molecular complexity index is 665. The van der Waals surface area contributed by atoms with Gasteiger partial charge < -0.3 is 5.32 Å². The molecule has 3 nitrogen and oxygen atoms in total. The highest BCUT2D eigenvalue weighted by molar-refractivity contribution is 5.67. The van der Waals surface area contributed by atoms with Gasteiger partial charge in [-0.15, -0.1) is 0 Å². The van der Waals surface area contributed by atoms with Crippen molar-refractivity contribution in [3.05, 3.63) is 59.4 Å². The molecule has 0 radical (unpaired) electrons. The molecule has 0 aliphatic heterocycles. The Hall–Kier alpha value is -2.85. The number of hydrogen-bond acceptors (Lipinski definition) is 3. The van der Waals surface area contributed by atoms with Gasteiger partial charge in [-0.2, -0.15) is 10.5 Å². The van der Waals surface area contributed by atoms with Gasteiger partial charge in [0, 0.05) is 0 Å². The number of hydrogen-bond donors (Lipinski definition) is 1. The summed E-state index contributed by atoms with van der Waals surface area (Å²) in [6.45, 7) is 0. The van der Waals surface area contributed by atoms with Gasteiger partial charge >= 0.3 is 0 Å². The largest absolute Gasteiger partial charge is 0.352 e. The number of benzene rings is 2. The lowest BCUT2D eigenvalue weighted by Gasteiger charge is -2.08. The van der Waals surface area contributed by atoms with E-state index >= 15 is 0 Å². The molecule has 18 heavy (non-hydrogen) atoms. The van der Waals surface area contributed by atoms with E-state index in [0.717, 1.165) is 6.07 Å². The van der Waals surface area contributed by atoms with Crippen LogP contribution in [-0.2, 0) is 0 Å². The van der Waals surface area contributed by atoms with Crippen molar-refractivity contribution < 1.29 is 4.39 Å². The van der Waals surface area contributed by atoms with E-state index in [1.165, 1.54) is 12.1 Å². The van der Waals surface area contributed by atoms with E-state index in [0.29, 0.717) is 11.3 Å². The molecular formula is C14H8FN3. The van der Waals surface area contributed by atoms with Crippen LogP contribution in [0.15, 0.2) is 42.5 Å². The zero-order chi connectivity index (χ0) is 13.0. The summed E-state index contributed by atoms with van der Waals surface area (Å²) in [7, 11) is 0. The maximum atomic E-state index is 13.7. The van der Waals surface area contributed by atoms with E-state index in [1.54, 1.807) is 24.3 Å². The van der Waals surface area contributed by atoms with Crippen molar-refractivity contribution >= 4 is 11.4 Å². The predicted molar refractivity (Wildman–Crippen MR) is 65.6 cm³/mol. The third-order valence-corrected chi connectivity index (χ3v) is 2.42. The number of nitrogens with zero attached hydrogens (tertiary/aromatic N) is 2. The average Bonchev–Trinajstić information content (AvgIpc) is 2.41. The molecule has 0 aliphatic rings. The molecule has 0 bridgehead atoms. The molecule has 1 N–H and O–H groups in total. The van der Waals surface area contributed by atoms with Crippen molar-refractivity contribution in [2.24, 2.45) is 0 Å². The van der Waals surface area contributed by atoms with Crippen molar-refractivity contribution in [2.45, 2.75) is 0 Å². The summed E-state index contributed by atoms with van der Waals surface area (Å²) >= 11 is 0. The number of nitriles is 2. The smallest absolute Gasteiger partial charge is 0.147 e. The lowest BCUT2D eigenvalue weighted by Crippen LogP contribution is -1.96. The molecule has 0 heterocycles. The Morgan fingerprint density at radius 3 is 2.39 bits per heavy atom. The molecule has 0 aliphatic carbocycles. The van der Waals surface area contributed by atoms with Crippen LogP contribution in [0, 0.1) is 28.5 Å². The van der Waals surface area contributed by atoms with Crippen molar-refractivity contribution in [3.8, 4) is 12.1 Å². The second kappa shape index (κ2) is 4.99. The lowest BCUT2D eigenvalue weighted by atomic mass is 10.1. The van der Waals surface area contributed by atoms with Gasteiger partial charge in [0.05, 0.1) is 28.6 Å². The van der Waals surface area contributed by atoms with Crippen LogP contribution in [0.2, 0.25) is 0 Å². The third kappa shape index (κ3) is 2.28. The minimum absolute atomic E-state index is 0.233. The van der Waals surface area contributed by atoms with Crippen LogP contribution < -0.4 is 5.32 Å². The summed E-state index contributed by atoms with van der Waals surface area (Å²) in [5.41, 5.74) is 1.45. The highest BCUT2D eigenvalue weighted by atomic mass is 19.1. The van der Waals surface area contributed by atoms with Crippen LogP contribution in [0.1, 0.15) is 11.1 Å². The molecule has 0 fully saturated rings. The standard InChI is InChI=1S/C14H8FN3/c15-12-7-10(8-16)5-6-14(12)18-13-4-2-1-3-11(13)9-17/h1-7,18H. The van der Waals surface area contributed by atoms with E-state index in [9.17, 15) is 4.39 Å². The molecule has 0 atom stereocenters. The quantitative estimate of drug-likeness (QED) is 0.871. The van der Waals surface area contributed by atoms with Crippen LogP contribution in [0.3, 0.4) is 0 Å². The van der Waals surface area contributed by atoms with E-state index in [1.807, 2.05) is 12.1 Å². The maximum absolute atomic E-state index is 13.7. The molecule has 4 heteroatoms. The molecule has 86 valence electrons. The highest BCUT2D eigenvalue weighted by Gasteiger charge is 2.06. The van der Waals surface area contributed by atoms with Crippen LogP contribution >= 0.6 is 0 Å². The van der Waals surface area contributed by atoms with Gasteiger partial charge in [-0.25, -0.2) is 4.39 Å². The Kier molecular flexibility index (Phi) is 3.22. The van der Waals surface area contributed by atoms with Gasteiger partial charge in [-0.1, -0.05) is 12.1 Å². The summed E-state index contributed by atoms with van der Waals surface area (Å²) in [5, 5.41) is 20.4. The summed E-state index contributed by atoms with van der Waals surface area (Å²) in [6, 6.07) is 14.8. The second-order valence-electron chi connectivity index (χ2n) is 3.59. The summed E-state index contributed by atoms with van der Waals surface area (Å²) in [5.74, 6) is -0.526. The average molecular weight is 237 g/mol. The van der Waals surface area contributed by atoms with Crippen LogP contribution in [-0.4, -0.2) is 0 Å². The normalized spacial score (nSPS) is 9.28. The summed E-state index contributed by atoms with van der Waals surface area (Å²) in [6.07, 6.45) is 0. The monoisotopic (exact) mass is 237 g/mol. The first-order valence-corrected chi connectivity index (χ1v) is 5.20. The van der Waals surface area contributed by atoms with Gasteiger partial charge in [-0.3, -0.25) is 0 Å². The van der Waals surface area contributed by atoms with Crippen LogP contribution in [0.5, 0.6) is 0 Å². The Balaban J connectivity index is 2.36. The van der Waals surface area contributed by atoms with Crippen molar-refractivity contribution in [3.63, 3.8) is 0 Å². The minimum Gasteiger partial charge on any atom is -0.352 e. The topological polar surface area (TPSA) is 59.6 Å². The molecule has 0 amide bonds. The zero-order valence-electron chi connectivity index (χ0n) is 9.31. The molecule has 0 saturated carbocycles. The summed E-state index contributed by atoms with van der Waals surface area (Å²) < 4.78 is 13.7. The van der Waals surface area contributed by atoms with E-state index in [-0.39, 0.29) is 11.3 Å². The minimum atomic E-state index is -0.526. The first-order valence-electron chi connectivity index (χ1n) is 5.20. The molecule has 0 unspecified atom stereocenters. The fourth-order valence-electron chi connectivity index (χ4n) is 1.52. The number of anilines is 2. The fraction of sp³-hybridized carbons (Fsp3) is 0. The first kappa shape index (κ1) is 11.6. The van der Waals surface area contributed by atoms with Crippen molar-refractivity contribution in [2.75, 3.05) is 5.32 Å².